The molecule has 0 aliphatic heterocycles. The van der Waals surface area contributed by atoms with E-state index in [2.05, 4.69) is 10.3 Å². The van der Waals surface area contributed by atoms with Crippen molar-refractivity contribution in [1.82, 2.24) is 9.38 Å². The predicted octanol–water partition coefficient (Wildman–Crippen LogP) is 3.57. The molecular weight excluding hydrogens is 351 g/mol. The van der Waals surface area contributed by atoms with Crippen molar-refractivity contribution in [1.29, 1.82) is 0 Å². The van der Waals surface area contributed by atoms with Gasteiger partial charge in [0.05, 0.1) is 11.0 Å². The van der Waals surface area contributed by atoms with E-state index in [1.807, 2.05) is 0 Å². The van der Waals surface area contributed by atoms with Gasteiger partial charge in [0.2, 0.25) is 5.82 Å². The van der Waals surface area contributed by atoms with Crippen molar-refractivity contribution in [3.63, 3.8) is 0 Å². The first-order chi connectivity index (χ1) is 11.9. The first-order valence-electron chi connectivity index (χ1n) is 7.25. The molecule has 0 saturated carbocycles. The molecule has 3 rings (SSSR count). The zero-order chi connectivity index (χ0) is 18.1. The van der Waals surface area contributed by atoms with Crippen LogP contribution in [0.1, 0.15) is 18.5 Å². The van der Waals surface area contributed by atoms with E-state index in [1.165, 1.54) is 18.3 Å². The maximum Gasteiger partial charge on any atom is 0.376 e. The SMILES string of the molecule is CC(Nc1nc2ccccn2c(=O)c1[N+](=O)[O-])c1ccc(F)cc1Cl. The normalized spacial score (nSPS) is 12.1. The Balaban J connectivity index is 2.10. The van der Waals surface area contributed by atoms with Crippen molar-refractivity contribution in [2.45, 2.75) is 13.0 Å². The summed E-state index contributed by atoms with van der Waals surface area (Å²) in [5.41, 5.74) is -0.685. The lowest BCUT2D eigenvalue weighted by molar-refractivity contribution is -0.385. The lowest BCUT2D eigenvalue weighted by atomic mass is 10.1. The molecule has 2 heterocycles. The second kappa shape index (κ2) is 6.48. The molecule has 0 amide bonds. The first kappa shape index (κ1) is 16.8. The van der Waals surface area contributed by atoms with Crippen molar-refractivity contribution >= 4 is 28.8 Å². The number of anilines is 1. The molecule has 1 N–H and O–H groups in total. The van der Waals surface area contributed by atoms with Gasteiger partial charge < -0.3 is 5.32 Å². The number of nitro groups is 1. The van der Waals surface area contributed by atoms with Gasteiger partial charge in [-0.15, -0.1) is 0 Å². The highest BCUT2D eigenvalue weighted by Gasteiger charge is 2.25. The van der Waals surface area contributed by atoms with Crippen LogP contribution in [0.5, 0.6) is 0 Å². The van der Waals surface area contributed by atoms with Crippen molar-refractivity contribution < 1.29 is 9.31 Å². The molecule has 0 aliphatic carbocycles. The second-order valence-electron chi connectivity index (χ2n) is 5.33. The maximum atomic E-state index is 13.2. The number of nitrogens with one attached hydrogen (secondary N) is 1. The molecule has 1 atom stereocenters. The van der Waals surface area contributed by atoms with Gasteiger partial charge >= 0.3 is 11.2 Å². The largest absolute Gasteiger partial charge is 0.376 e. The molecule has 7 nitrogen and oxygen atoms in total. The van der Waals surface area contributed by atoms with Crippen LogP contribution in [0.3, 0.4) is 0 Å². The quantitative estimate of drug-likeness (QED) is 0.566. The first-order valence-corrected chi connectivity index (χ1v) is 7.63. The standard InChI is InChI=1S/C16H12ClFN4O3/c1-9(11-6-5-10(18)8-12(11)17)19-15-14(22(24)25)16(23)21-7-3-2-4-13(21)20-15/h2-9,19H,1H3. The van der Waals surface area contributed by atoms with Crippen LogP contribution in [0.15, 0.2) is 47.4 Å². The summed E-state index contributed by atoms with van der Waals surface area (Å²) in [6, 6.07) is 8.11. The monoisotopic (exact) mass is 362 g/mol. The molecule has 128 valence electrons. The minimum atomic E-state index is -0.796. The summed E-state index contributed by atoms with van der Waals surface area (Å²) in [5, 5.41) is 14.3. The van der Waals surface area contributed by atoms with Crippen molar-refractivity contribution in [3.8, 4) is 0 Å². The van der Waals surface area contributed by atoms with Crippen molar-refractivity contribution in [2.24, 2.45) is 0 Å². The Hall–Kier alpha value is -3.00. The molecule has 0 fully saturated rings. The molecule has 0 spiro atoms. The van der Waals surface area contributed by atoms with Crippen LogP contribution in [0.2, 0.25) is 5.02 Å². The average molecular weight is 363 g/mol. The number of aromatic nitrogens is 2. The van der Waals surface area contributed by atoms with Gasteiger partial charge in [-0.1, -0.05) is 23.7 Å². The molecule has 25 heavy (non-hydrogen) atoms. The van der Waals surface area contributed by atoms with Crippen LogP contribution in [0.4, 0.5) is 15.9 Å². The van der Waals surface area contributed by atoms with Crippen LogP contribution in [-0.2, 0) is 0 Å². The fraction of sp³-hybridized carbons (Fsp3) is 0.125. The highest BCUT2D eigenvalue weighted by atomic mass is 35.5. The summed E-state index contributed by atoms with van der Waals surface area (Å²) in [6.07, 6.45) is 1.40. The summed E-state index contributed by atoms with van der Waals surface area (Å²) in [7, 11) is 0. The number of halogens is 2. The minimum Gasteiger partial charge on any atom is -0.358 e. The van der Waals surface area contributed by atoms with Gasteiger partial charge in [0, 0.05) is 11.2 Å². The summed E-state index contributed by atoms with van der Waals surface area (Å²) >= 11 is 6.02. The second-order valence-corrected chi connectivity index (χ2v) is 5.74. The van der Waals surface area contributed by atoms with E-state index in [0.29, 0.717) is 5.56 Å². The Kier molecular flexibility index (Phi) is 4.37. The van der Waals surface area contributed by atoms with Crippen LogP contribution >= 0.6 is 11.6 Å². The Bertz CT molecular complexity index is 1040. The molecule has 0 bridgehead atoms. The highest BCUT2D eigenvalue weighted by Crippen LogP contribution is 2.28. The van der Waals surface area contributed by atoms with E-state index < -0.39 is 28.0 Å². The van der Waals surface area contributed by atoms with E-state index >= 15 is 0 Å². The van der Waals surface area contributed by atoms with Gasteiger partial charge in [-0.05, 0) is 36.8 Å². The lowest BCUT2D eigenvalue weighted by Gasteiger charge is -2.16. The smallest absolute Gasteiger partial charge is 0.358 e. The van der Waals surface area contributed by atoms with E-state index in [0.717, 1.165) is 10.5 Å². The molecule has 1 aromatic carbocycles. The molecular formula is C16H12ClFN4O3. The highest BCUT2D eigenvalue weighted by molar-refractivity contribution is 6.31. The van der Waals surface area contributed by atoms with Gasteiger partial charge in [-0.25, -0.2) is 9.37 Å². The number of benzene rings is 1. The number of hydrogen-bond acceptors (Lipinski definition) is 5. The zero-order valence-electron chi connectivity index (χ0n) is 12.9. The maximum absolute atomic E-state index is 13.2. The topological polar surface area (TPSA) is 89.5 Å². The number of hydrogen-bond donors (Lipinski definition) is 1. The van der Waals surface area contributed by atoms with E-state index in [-0.39, 0.29) is 16.5 Å². The fourth-order valence-corrected chi connectivity index (χ4v) is 2.81. The molecule has 0 saturated heterocycles. The summed E-state index contributed by atoms with van der Waals surface area (Å²) in [5.74, 6) is -0.664. The van der Waals surface area contributed by atoms with E-state index in [9.17, 15) is 19.3 Å². The van der Waals surface area contributed by atoms with Crippen molar-refractivity contribution in [2.75, 3.05) is 5.32 Å². The summed E-state index contributed by atoms with van der Waals surface area (Å²) in [4.78, 5) is 27.1. The zero-order valence-corrected chi connectivity index (χ0v) is 13.7. The summed E-state index contributed by atoms with van der Waals surface area (Å²) in [6.45, 7) is 1.68. The Morgan fingerprint density at radius 1 is 1.36 bits per heavy atom. The van der Waals surface area contributed by atoms with Crippen LogP contribution < -0.4 is 10.9 Å². The number of rotatable bonds is 4. The average Bonchev–Trinajstić information content (AvgIpc) is 2.54. The molecule has 3 aromatic rings. The third-order valence-electron chi connectivity index (χ3n) is 3.68. The Labute approximate surface area is 145 Å². The number of fused-ring (bicyclic) bond motifs is 1. The van der Waals surface area contributed by atoms with E-state index in [1.54, 1.807) is 25.1 Å². The molecule has 9 heteroatoms. The molecule has 0 aliphatic rings. The third-order valence-corrected chi connectivity index (χ3v) is 4.00. The van der Waals surface area contributed by atoms with Crippen molar-refractivity contribution in [3.05, 3.63) is 79.5 Å². The van der Waals surface area contributed by atoms with Crippen LogP contribution in [0, 0.1) is 15.9 Å². The molecule has 0 radical (unpaired) electrons. The molecule has 2 aromatic heterocycles. The van der Waals surface area contributed by atoms with Gasteiger partial charge in [-0.3, -0.25) is 19.3 Å². The number of nitrogens with zero attached hydrogens (tertiary/aromatic N) is 3. The Morgan fingerprint density at radius 3 is 2.80 bits per heavy atom. The molecule has 1 unspecified atom stereocenters. The number of pyridine rings is 1. The van der Waals surface area contributed by atoms with E-state index in [4.69, 9.17) is 11.6 Å². The van der Waals surface area contributed by atoms with Gasteiger partial charge in [0.15, 0.2) is 0 Å². The predicted molar refractivity (Wildman–Crippen MR) is 91.6 cm³/mol. The van der Waals surface area contributed by atoms with Gasteiger partial charge in [0.1, 0.15) is 11.5 Å². The van der Waals surface area contributed by atoms with Gasteiger partial charge in [-0.2, -0.15) is 0 Å². The fourth-order valence-electron chi connectivity index (χ4n) is 2.48. The Morgan fingerprint density at radius 2 is 2.12 bits per heavy atom. The lowest BCUT2D eigenvalue weighted by Crippen LogP contribution is -2.22. The minimum absolute atomic E-state index is 0.167. The summed E-state index contributed by atoms with van der Waals surface area (Å²) < 4.78 is 14.3. The van der Waals surface area contributed by atoms with Crippen LogP contribution in [0.25, 0.3) is 5.65 Å². The third kappa shape index (κ3) is 3.16. The van der Waals surface area contributed by atoms with Crippen LogP contribution in [-0.4, -0.2) is 14.3 Å². The van der Waals surface area contributed by atoms with Gasteiger partial charge in [0.25, 0.3) is 0 Å².